The summed E-state index contributed by atoms with van der Waals surface area (Å²) >= 11 is 6.27. The first-order valence-electron chi connectivity index (χ1n) is 6.66. The lowest BCUT2D eigenvalue weighted by Gasteiger charge is -2.22. The molecule has 1 saturated heterocycles. The van der Waals surface area contributed by atoms with Gasteiger partial charge < -0.3 is 5.11 Å². The van der Waals surface area contributed by atoms with Crippen molar-refractivity contribution < 1.29 is 5.11 Å². The molecule has 2 nitrogen and oxygen atoms in total. The van der Waals surface area contributed by atoms with E-state index in [9.17, 15) is 5.11 Å². The van der Waals surface area contributed by atoms with Crippen LogP contribution in [-0.4, -0.2) is 28.7 Å². The number of benzene rings is 1. The Morgan fingerprint density at radius 3 is 2.83 bits per heavy atom. The molecule has 18 heavy (non-hydrogen) atoms. The Balaban J connectivity index is 2.01. The van der Waals surface area contributed by atoms with Crippen LogP contribution in [0, 0.1) is 6.92 Å². The van der Waals surface area contributed by atoms with Crippen LogP contribution >= 0.6 is 11.6 Å². The van der Waals surface area contributed by atoms with Crippen molar-refractivity contribution in [1.82, 2.24) is 4.90 Å². The van der Waals surface area contributed by atoms with Crippen molar-refractivity contribution >= 4 is 11.6 Å². The Kier molecular flexibility index (Phi) is 4.31. The molecule has 0 aromatic heterocycles. The Labute approximate surface area is 115 Å². The highest BCUT2D eigenvalue weighted by molar-refractivity contribution is 6.31. The predicted octanol–water partition coefficient (Wildman–Crippen LogP) is 3.39. The normalized spacial score (nSPS) is 26.0. The highest BCUT2D eigenvalue weighted by Gasteiger charge is 2.25. The van der Waals surface area contributed by atoms with Crippen molar-refractivity contribution in [3.63, 3.8) is 0 Å². The van der Waals surface area contributed by atoms with Crippen LogP contribution in [-0.2, 0) is 6.54 Å². The van der Waals surface area contributed by atoms with Gasteiger partial charge in [-0.05, 0) is 56.8 Å². The largest absolute Gasteiger partial charge is 0.390 e. The molecule has 3 heteroatoms. The molecule has 0 aliphatic carbocycles. The van der Waals surface area contributed by atoms with Crippen LogP contribution in [0.1, 0.15) is 37.3 Å². The summed E-state index contributed by atoms with van der Waals surface area (Å²) in [6, 6.07) is 6.24. The second-order valence-electron chi connectivity index (χ2n) is 5.72. The Hall–Kier alpha value is -0.570. The monoisotopic (exact) mass is 267 g/mol. The van der Waals surface area contributed by atoms with Crippen molar-refractivity contribution in [3.8, 4) is 0 Å². The number of aryl methyl sites for hydroxylation is 1. The maximum Gasteiger partial charge on any atom is 0.0632 e. The Morgan fingerprint density at radius 1 is 1.33 bits per heavy atom. The van der Waals surface area contributed by atoms with Crippen LogP contribution in [0.5, 0.6) is 0 Å². The molecular weight excluding hydrogens is 246 g/mol. The third-order valence-electron chi connectivity index (χ3n) is 3.76. The highest BCUT2D eigenvalue weighted by Crippen LogP contribution is 2.24. The average molecular weight is 268 g/mol. The maximum absolute atomic E-state index is 10.1. The lowest BCUT2D eigenvalue weighted by Crippen LogP contribution is -2.28. The van der Waals surface area contributed by atoms with Gasteiger partial charge in [0, 0.05) is 18.1 Å². The topological polar surface area (TPSA) is 23.5 Å². The first kappa shape index (κ1) is 13.9. The zero-order valence-corrected chi connectivity index (χ0v) is 12.0. The molecule has 1 fully saturated rings. The maximum atomic E-state index is 10.1. The van der Waals surface area contributed by atoms with E-state index in [1.54, 1.807) is 0 Å². The van der Waals surface area contributed by atoms with Crippen LogP contribution in [0.4, 0.5) is 0 Å². The lowest BCUT2D eigenvalue weighted by molar-refractivity contribution is 0.0444. The zero-order valence-electron chi connectivity index (χ0n) is 11.2. The van der Waals surface area contributed by atoms with Crippen molar-refractivity contribution in [1.29, 1.82) is 0 Å². The average Bonchev–Trinajstić information content (AvgIpc) is 2.44. The smallest absolute Gasteiger partial charge is 0.0632 e. The van der Waals surface area contributed by atoms with Crippen LogP contribution in [0.2, 0.25) is 5.02 Å². The summed E-state index contributed by atoms with van der Waals surface area (Å²) in [6.07, 6.45) is 2.79. The van der Waals surface area contributed by atoms with Gasteiger partial charge in [0.15, 0.2) is 0 Å². The second kappa shape index (κ2) is 5.60. The van der Waals surface area contributed by atoms with Gasteiger partial charge >= 0.3 is 0 Å². The quantitative estimate of drug-likeness (QED) is 0.888. The molecule has 1 atom stereocenters. The first-order valence-corrected chi connectivity index (χ1v) is 7.04. The van der Waals surface area contributed by atoms with E-state index >= 15 is 0 Å². The number of likely N-dealkylation sites (tertiary alicyclic amines) is 1. The minimum Gasteiger partial charge on any atom is -0.390 e. The van der Waals surface area contributed by atoms with Gasteiger partial charge in [0.1, 0.15) is 0 Å². The SMILES string of the molecule is Cc1ccc(CN2CCCC(C)(O)CC2)c(Cl)c1. The van der Waals surface area contributed by atoms with Gasteiger partial charge in [-0.3, -0.25) is 4.90 Å². The molecule has 0 amide bonds. The molecule has 1 N–H and O–H groups in total. The van der Waals surface area contributed by atoms with E-state index in [4.69, 9.17) is 11.6 Å². The number of nitrogens with zero attached hydrogens (tertiary/aromatic N) is 1. The van der Waals surface area contributed by atoms with Crippen molar-refractivity contribution in [2.75, 3.05) is 13.1 Å². The summed E-state index contributed by atoms with van der Waals surface area (Å²) < 4.78 is 0. The molecule has 1 aromatic carbocycles. The minimum absolute atomic E-state index is 0.494. The molecule has 0 bridgehead atoms. The molecule has 1 heterocycles. The molecule has 1 aromatic rings. The van der Waals surface area contributed by atoms with E-state index in [-0.39, 0.29) is 0 Å². The van der Waals surface area contributed by atoms with Gasteiger partial charge in [0.05, 0.1) is 5.60 Å². The lowest BCUT2D eigenvalue weighted by atomic mass is 9.98. The van der Waals surface area contributed by atoms with Gasteiger partial charge in [-0.15, -0.1) is 0 Å². The fraction of sp³-hybridized carbons (Fsp3) is 0.600. The van der Waals surface area contributed by atoms with Gasteiger partial charge in [0.2, 0.25) is 0 Å². The van der Waals surface area contributed by atoms with E-state index in [1.807, 2.05) is 13.0 Å². The number of aliphatic hydroxyl groups is 1. The van der Waals surface area contributed by atoms with E-state index in [1.165, 1.54) is 11.1 Å². The zero-order chi connectivity index (χ0) is 13.2. The predicted molar refractivity (Wildman–Crippen MR) is 75.9 cm³/mol. The molecular formula is C15H22ClNO. The number of hydrogen-bond acceptors (Lipinski definition) is 2. The molecule has 0 radical (unpaired) electrons. The van der Waals surface area contributed by atoms with Crippen LogP contribution < -0.4 is 0 Å². The van der Waals surface area contributed by atoms with Gasteiger partial charge in [-0.25, -0.2) is 0 Å². The van der Waals surface area contributed by atoms with Crippen molar-refractivity contribution in [3.05, 3.63) is 34.3 Å². The van der Waals surface area contributed by atoms with Crippen molar-refractivity contribution in [2.45, 2.75) is 45.3 Å². The Bertz CT molecular complexity index is 417. The minimum atomic E-state index is -0.494. The number of rotatable bonds is 2. The summed E-state index contributed by atoms with van der Waals surface area (Å²) in [5.74, 6) is 0. The molecule has 0 saturated carbocycles. The molecule has 100 valence electrons. The molecule has 0 spiro atoms. The van der Waals surface area contributed by atoms with Crippen LogP contribution in [0.15, 0.2) is 18.2 Å². The summed E-state index contributed by atoms with van der Waals surface area (Å²) in [5.41, 5.74) is 1.89. The van der Waals surface area contributed by atoms with E-state index in [2.05, 4.69) is 24.0 Å². The molecule has 2 rings (SSSR count). The van der Waals surface area contributed by atoms with E-state index in [0.717, 1.165) is 43.9 Å². The highest BCUT2D eigenvalue weighted by atomic mass is 35.5. The number of halogens is 1. The second-order valence-corrected chi connectivity index (χ2v) is 6.13. The van der Waals surface area contributed by atoms with Crippen LogP contribution in [0.25, 0.3) is 0 Å². The number of hydrogen-bond donors (Lipinski definition) is 1. The fourth-order valence-electron chi connectivity index (χ4n) is 2.50. The standard InChI is InChI=1S/C15H22ClNO/c1-12-4-5-13(14(16)10-12)11-17-8-3-6-15(2,18)7-9-17/h4-5,10,18H,3,6-9,11H2,1-2H3. The van der Waals surface area contributed by atoms with Gasteiger partial charge in [-0.1, -0.05) is 23.7 Å². The third-order valence-corrected chi connectivity index (χ3v) is 4.11. The summed E-state index contributed by atoms with van der Waals surface area (Å²) in [6.45, 7) is 6.86. The van der Waals surface area contributed by atoms with E-state index in [0.29, 0.717) is 0 Å². The Morgan fingerprint density at radius 2 is 2.11 bits per heavy atom. The summed E-state index contributed by atoms with van der Waals surface area (Å²) in [7, 11) is 0. The molecule has 1 aliphatic rings. The van der Waals surface area contributed by atoms with Crippen molar-refractivity contribution in [2.24, 2.45) is 0 Å². The third kappa shape index (κ3) is 3.71. The van der Waals surface area contributed by atoms with Gasteiger partial charge in [-0.2, -0.15) is 0 Å². The molecule has 1 aliphatic heterocycles. The molecule has 1 unspecified atom stereocenters. The first-order chi connectivity index (χ1) is 8.46. The van der Waals surface area contributed by atoms with Crippen LogP contribution in [0.3, 0.4) is 0 Å². The summed E-state index contributed by atoms with van der Waals surface area (Å²) in [4.78, 5) is 2.39. The van der Waals surface area contributed by atoms with E-state index < -0.39 is 5.60 Å². The van der Waals surface area contributed by atoms with Gasteiger partial charge in [0.25, 0.3) is 0 Å². The summed E-state index contributed by atoms with van der Waals surface area (Å²) in [5, 5.41) is 10.9. The fourth-order valence-corrected chi connectivity index (χ4v) is 2.79.